The summed E-state index contributed by atoms with van der Waals surface area (Å²) in [6.45, 7) is 13.5. The minimum Gasteiger partial charge on any atom is -0.444 e. The fourth-order valence-electron chi connectivity index (χ4n) is 3.18. The average molecular weight is 426 g/mol. The second kappa shape index (κ2) is 8.17. The SMILES string of the molecule is CC(C)(C)OC(=O)NCC(=Cc1ccc2c(=O)cc[nH]c2c1)B1OC(C)(C)C(C)(C)O1. The van der Waals surface area contributed by atoms with Crippen molar-refractivity contribution in [3.8, 4) is 0 Å². The predicted molar refractivity (Wildman–Crippen MR) is 123 cm³/mol. The average Bonchev–Trinajstić information content (AvgIpc) is 2.84. The Morgan fingerprint density at radius 1 is 1.16 bits per heavy atom. The fourth-order valence-corrected chi connectivity index (χ4v) is 3.18. The molecule has 0 bridgehead atoms. The Bertz CT molecular complexity index is 1050. The molecule has 1 aliphatic heterocycles. The number of aromatic amines is 1. The zero-order valence-corrected chi connectivity index (χ0v) is 19.3. The Labute approximate surface area is 183 Å². The summed E-state index contributed by atoms with van der Waals surface area (Å²) in [5, 5.41) is 3.40. The van der Waals surface area contributed by atoms with Crippen LogP contribution in [0.5, 0.6) is 0 Å². The highest BCUT2D eigenvalue weighted by Gasteiger charge is 2.52. The van der Waals surface area contributed by atoms with E-state index in [0.29, 0.717) is 5.39 Å². The van der Waals surface area contributed by atoms with Crippen LogP contribution < -0.4 is 10.7 Å². The first kappa shape index (κ1) is 23.1. The van der Waals surface area contributed by atoms with Gasteiger partial charge >= 0.3 is 13.2 Å². The lowest BCUT2D eigenvalue weighted by Crippen LogP contribution is -2.41. The van der Waals surface area contributed by atoms with Gasteiger partial charge in [-0.25, -0.2) is 4.79 Å². The lowest BCUT2D eigenvalue weighted by Gasteiger charge is -2.32. The van der Waals surface area contributed by atoms with Crippen LogP contribution >= 0.6 is 0 Å². The summed E-state index contributed by atoms with van der Waals surface area (Å²) in [4.78, 5) is 27.3. The zero-order valence-electron chi connectivity index (χ0n) is 19.3. The monoisotopic (exact) mass is 426 g/mol. The molecule has 1 aromatic heterocycles. The third-order valence-corrected chi connectivity index (χ3v) is 5.53. The number of fused-ring (bicyclic) bond motifs is 1. The highest BCUT2D eigenvalue weighted by atomic mass is 16.7. The van der Waals surface area contributed by atoms with Crippen LogP contribution in [0.15, 0.2) is 40.7 Å². The number of aromatic nitrogens is 1. The van der Waals surface area contributed by atoms with Gasteiger partial charge in [0.1, 0.15) is 5.60 Å². The third-order valence-electron chi connectivity index (χ3n) is 5.53. The van der Waals surface area contributed by atoms with E-state index in [0.717, 1.165) is 16.6 Å². The Morgan fingerprint density at radius 2 is 1.81 bits per heavy atom. The van der Waals surface area contributed by atoms with Gasteiger partial charge in [-0.05, 0) is 71.6 Å². The Balaban J connectivity index is 1.92. The molecule has 0 spiro atoms. The summed E-state index contributed by atoms with van der Waals surface area (Å²) in [7, 11) is -0.634. The maximum absolute atomic E-state index is 12.2. The number of nitrogens with one attached hydrogen (secondary N) is 2. The van der Waals surface area contributed by atoms with Gasteiger partial charge in [-0.3, -0.25) is 4.79 Å². The first-order valence-electron chi connectivity index (χ1n) is 10.4. The molecule has 0 unspecified atom stereocenters. The maximum atomic E-state index is 12.2. The van der Waals surface area contributed by atoms with Crippen LogP contribution in [-0.4, -0.2) is 41.5 Å². The number of hydrogen-bond donors (Lipinski definition) is 2. The van der Waals surface area contributed by atoms with E-state index < -0.39 is 30.0 Å². The number of H-pyrrole nitrogens is 1. The minimum atomic E-state index is -0.634. The summed E-state index contributed by atoms with van der Waals surface area (Å²) in [5.41, 5.74) is 0.653. The molecule has 0 atom stereocenters. The molecule has 3 rings (SSSR count). The van der Waals surface area contributed by atoms with Gasteiger partial charge < -0.3 is 24.3 Å². The Kier molecular flexibility index (Phi) is 6.08. The van der Waals surface area contributed by atoms with Crippen molar-refractivity contribution in [2.75, 3.05) is 6.54 Å². The summed E-state index contributed by atoms with van der Waals surface area (Å²) >= 11 is 0. The van der Waals surface area contributed by atoms with Crippen molar-refractivity contribution in [2.45, 2.75) is 65.3 Å². The quantitative estimate of drug-likeness (QED) is 0.720. The third kappa shape index (κ3) is 5.38. The number of hydrogen-bond acceptors (Lipinski definition) is 5. The number of alkyl carbamates (subject to hydrolysis) is 1. The number of pyridine rings is 1. The molecule has 166 valence electrons. The first-order valence-corrected chi connectivity index (χ1v) is 10.4. The largest absolute Gasteiger partial charge is 0.492 e. The van der Waals surface area contributed by atoms with Crippen molar-refractivity contribution in [3.05, 3.63) is 51.7 Å². The van der Waals surface area contributed by atoms with Gasteiger partial charge in [0.15, 0.2) is 5.43 Å². The highest BCUT2D eigenvalue weighted by molar-refractivity contribution is 6.56. The molecular formula is C23H31BN2O5. The molecule has 8 heteroatoms. The van der Waals surface area contributed by atoms with Crippen molar-refractivity contribution in [3.63, 3.8) is 0 Å². The van der Waals surface area contributed by atoms with E-state index in [-0.39, 0.29) is 12.0 Å². The molecule has 1 amide bonds. The molecular weight excluding hydrogens is 395 g/mol. The molecule has 0 aliphatic carbocycles. The van der Waals surface area contributed by atoms with Gasteiger partial charge in [-0.1, -0.05) is 12.1 Å². The molecule has 1 aliphatic rings. The standard InChI is InChI=1S/C23H31BN2O5/c1-21(2,3)29-20(28)26-14-16(24-30-22(4,5)23(6,7)31-24)12-15-8-9-17-18(13-15)25-11-10-19(17)27/h8-13H,14H2,1-7H3,(H,25,27)(H,26,28). The second-order valence-corrected chi connectivity index (χ2v) is 9.81. The van der Waals surface area contributed by atoms with E-state index in [1.54, 1.807) is 12.3 Å². The topological polar surface area (TPSA) is 89.7 Å². The molecule has 0 saturated carbocycles. The normalized spacial score (nSPS) is 18.3. The molecule has 1 aromatic carbocycles. The summed E-state index contributed by atoms with van der Waals surface area (Å²) in [6.07, 6.45) is 3.01. The second-order valence-electron chi connectivity index (χ2n) is 9.81. The van der Waals surface area contributed by atoms with Gasteiger partial charge in [0.05, 0.1) is 11.2 Å². The number of benzene rings is 1. The Morgan fingerprint density at radius 3 is 2.42 bits per heavy atom. The number of ether oxygens (including phenoxy) is 1. The first-order chi connectivity index (χ1) is 14.3. The molecule has 1 fully saturated rings. The predicted octanol–water partition coefficient (Wildman–Crippen LogP) is 4.07. The molecule has 2 aromatic rings. The highest BCUT2D eigenvalue weighted by Crippen LogP contribution is 2.38. The van der Waals surface area contributed by atoms with Crippen LogP contribution in [0.1, 0.15) is 54.0 Å². The van der Waals surface area contributed by atoms with Gasteiger partial charge in [-0.15, -0.1) is 0 Å². The fraction of sp³-hybridized carbons (Fsp3) is 0.478. The lowest BCUT2D eigenvalue weighted by atomic mass is 9.77. The van der Waals surface area contributed by atoms with E-state index in [1.807, 2.05) is 66.7 Å². The number of rotatable bonds is 4. The van der Waals surface area contributed by atoms with Gasteiger partial charge in [0, 0.05) is 29.7 Å². The zero-order chi connectivity index (χ0) is 23.0. The number of carbonyl (C=O) groups excluding carboxylic acids is 1. The van der Waals surface area contributed by atoms with E-state index >= 15 is 0 Å². The van der Waals surface area contributed by atoms with Crippen molar-refractivity contribution in [1.29, 1.82) is 0 Å². The molecule has 2 N–H and O–H groups in total. The van der Waals surface area contributed by atoms with Gasteiger partial charge in [-0.2, -0.15) is 0 Å². The van der Waals surface area contributed by atoms with Crippen LogP contribution in [0.2, 0.25) is 0 Å². The summed E-state index contributed by atoms with van der Waals surface area (Å²) in [6, 6.07) is 7.02. The molecule has 0 radical (unpaired) electrons. The smallest absolute Gasteiger partial charge is 0.444 e. The van der Waals surface area contributed by atoms with E-state index in [2.05, 4.69) is 10.3 Å². The summed E-state index contributed by atoms with van der Waals surface area (Å²) < 4.78 is 17.8. The van der Waals surface area contributed by atoms with Crippen molar-refractivity contribution >= 4 is 30.2 Å². The van der Waals surface area contributed by atoms with Crippen LogP contribution in [0.4, 0.5) is 4.79 Å². The molecule has 2 heterocycles. The maximum Gasteiger partial charge on any atom is 0.492 e. The Hall–Kier alpha value is -2.58. The van der Waals surface area contributed by atoms with Crippen LogP contribution in [0, 0.1) is 0 Å². The van der Waals surface area contributed by atoms with E-state index in [9.17, 15) is 9.59 Å². The van der Waals surface area contributed by atoms with Crippen molar-refractivity contribution in [1.82, 2.24) is 10.3 Å². The van der Waals surface area contributed by atoms with Gasteiger partial charge in [0.2, 0.25) is 0 Å². The lowest BCUT2D eigenvalue weighted by molar-refractivity contribution is 0.00578. The van der Waals surface area contributed by atoms with E-state index in [4.69, 9.17) is 14.0 Å². The van der Waals surface area contributed by atoms with Gasteiger partial charge in [0.25, 0.3) is 0 Å². The van der Waals surface area contributed by atoms with Crippen molar-refractivity contribution in [2.24, 2.45) is 0 Å². The molecule has 1 saturated heterocycles. The molecule has 7 nitrogen and oxygen atoms in total. The number of carbonyl (C=O) groups is 1. The van der Waals surface area contributed by atoms with Crippen molar-refractivity contribution < 1.29 is 18.8 Å². The number of amides is 1. The van der Waals surface area contributed by atoms with E-state index in [1.165, 1.54) is 6.07 Å². The van der Waals surface area contributed by atoms with Crippen LogP contribution in [0.3, 0.4) is 0 Å². The molecule has 31 heavy (non-hydrogen) atoms. The van der Waals surface area contributed by atoms with Crippen LogP contribution in [0.25, 0.3) is 17.0 Å². The summed E-state index contributed by atoms with van der Waals surface area (Å²) in [5.74, 6) is 0. The van der Waals surface area contributed by atoms with Crippen LogP contribution in [-0.2, 0) is 14.0 Å². The minimum absolute atomic E-state index is 0.0398.